The molecule has 7 fully saturated rings. The van der Waals surface area contributed by atoms with Crippen LogP contribution in [0, 0.1) is 34.5 Å². The average molecular weight is 765 g/mol. The SMILES string of the molecule is CC1OC(OC2C(O)CC(OC3C(O)CC(O[C@@H]4CC[C@]5(C)[C@@H](CC[C@H]6[C@H]5CC[C@@]5(C)[C@H](C7=CC(=O)OC7)CC[C@@]65O)C4)OC3C)OC2C)CC(O)C1O. The summed E-state index contributed by atoms with van der Waals surface area (Å²) in [4.78, 5) is 11.9. The van der Waals surface area contributed by atoms with Gasteiger partial charge in [0.25, 0.3) is 0 Å². The van der Waals surface area contributed by atoms with Gasteiger partial charge in [0.05, 0.1) is 48.3 Å². The smallest absolute Gasteiger partial charge is 0.331 e. The highest BCUT2D eigenvalue weighted by molar-refractivity contribution is 5.85. The lowest BCUT2D eigenvalue weighted by molar-refractivity contribution is -0.336. The Morgan fingerprint density at radius 1 is 0.685 bits per heavy atom. The van der Waals surface area contributed by atoms with E-state index in [-0.39, 0.29) is 54.0 Å². The predicted molar refractivity (Wildman–Crippen MR) is 191 cm³/mol. The Morgan fingerprint density at radius 3 is 1.89 bits per heavy atom. The van der Waals surface area contributed by atoms with E-state index in [4.69, 9.17) is 33.2 Å². The van der Waals surface area contributed by atoms with Gasteiger partial charge in [0.1, 0.15) is 24.9 Å². The van der Waals surface area contributed by atoms with Gasteiger partial charge in [-0.3, -0.25) is 0 Å². The van der Waals surface area contributed by atoms with E-state index >= 15 is 0 Å². The molecular formula is C41H64O13. The van der Waals surface area contributed by atoms with Gasteiger partial charge in [-0.15, -0.1) is 0 Å². The highest BCUT2D eigenvalue weighted by atomic mass is 16.7. The molecular weight excluding hydrogens is 700 g/mol. The normalized spacial score (nSPS) is 55.0. The van der Waals surface area contributed by atoms with Gasteiger partial charge in [0.2, 0.25) is 0 Å². The van der Waals surface area contributed by atoms with Crippen molar-refractivity contribution in [3.8, 4) is 0 Å². The van der Waals surface area contributed by atoms with Crippen LogP contribution in [0.2, 0.25) is 0 Å². The molecule has 4 aliphatic heterocycles. The molecule has 12 unspecified atom stereocenters. The number of esters is 1. The monoisotopic (exact) mass is 764 g/mol. The van der Waals surface area contributed by atoms with E-state index in [1.54, 1.807) is 19.9 Å². The molecule has 13 heteroatoms. The fourth-order valence-electron chi connectivity index (χ4n) is 12.8. The maximum Gasteiger partial charge on any atom is 0.331 e. The molecule has 0 radical (unpaired) electrons. The van der Waals surface area contributed by atoms with Crippen LogP contribution in [0.15, 0.2) is 11.6 Å². The minimum absolute atomic E-state index is 0.0243. The summed E-state index contributed by atoms with van der Waals surface area (Å²) in [6.07, 6.45) is 1.90. The van der Waals surface area contributed by atoms with Gasteiger partial charge in [-0.2, -0.15) is 0 Å². The fraction of sp³-hybridized carbons (Fsp3) is 0.927. The quantitative estimate of drug-likeness (QED) is 0.188. The van der Waals surface area contributed by atoms with Crippen LogP contribution in [-0.4, -0.2) is 124 Å². The third kappa shape index (κ3) is 6.82. The molecule has 4 heterocycles. The first-order valence-electron chi connectivity index (χ1n) is 20.8. The van der Waals surface area contributed by atoms with Crippen molar-refractivity contribution in [2.45, 2.75) is 197 Å². The summed E-state index contributed by atoms with van der Waals surface area (Å²) in [6, 6.07) is 0. The third-order valence-corrected chi connectivity index (χ3v) is 15.9. The molecule has 5 N–H and O–H groups in total. The van der Waals surface area contributed by atoms with E-state index in [2.05, 4.69) is 13.8 Å². The number of carbonyl (C=O) groups excluding carboxylic acids is 1. The van der Waals surface area contributed by atoms with Crippen molar-refractivity contribution in [1.82, 2.24) is 0 Å². The molecule has 3 saturated heterocycles. The number of carbonyl (C=O) groups is 1. The molecule has 0 aromatic rings. The number of hydrogen-bond acceptors (Lipinski definition) is 13. The van der Waals surface area contributed by atoms with Crippen LogP contribution in [0.4, 0.5) is 0 Å². The van der Waals surface area contributed by atoms with Gasteiger partial charge in [-0.05, 0) is 113 Å². The first-order chi connectivity index (χ1) is 25.6. The lowest BCUT2D eigenvalue weighted by Gasteiger charge is -2.64. The molecule has 0 spiro atoms. The lowest BCUT2D eigenvalue weighted by atomic mass is 9.43. The molecule has 8 aliphatic rings. The second-order valence-electron chi connectivity index (χ2n) is 18.7. The molecule has 4 saturated carbocycles. The molecule has 0 aromatic heterocycles. The van der Waals surface area contributed by atoms with E-state index in [9.17, 15) is 30.3 Å². The highest BCUT2D eigenvalue weighted by Gasteiger charge is 2.68. The number of aliphatic hydroxyl groups is 5. The van der Waals surface area contributed by atoms with Crippen LogP contribution in [0.5, 0.6) is 0 Å². The molecule has 4 aliphatic carbocycles. The number of rotatable bonds is 7. The Balaban J connectivity index is 0.826. The van der Waals surface area contributed by atoms with Gasteiger partial charge in [-0.25, -0.2) is 4.79 Å². The number of fused-ring (bicyclic) bond motifs is 5. The Labute approximate surface area is 319 Å². The van der Waals surface area contributed by atoms with Crippen molar-refractivity contribution >= 4 is 5.97 Å². The van der Waals surface area contributed by atoms with E-state index in [1.807, 2.05) is 6.92 Å². The maximum absolute atomic E-state index is 12.6. The number of hydrogen-bond donors (Lipinski definition) is 5. The molecule has 13 nitrogen and oxygen atoms in total. The van der Waals surface area contributed by atoms with Gasteiger partial charge in [-0.1, -0.05) is 13.8 Å². The van der Waals surface area contributed by atoms with Crippen molar-refractivity contribution in [3.63, 3.8) is 0 Å². The number of ether oxygens (including phenoxy) is 7. The van der Waals surface area contributed by atoms with E-state index < -0.39 is 79.4 Å². The van der Waals surface area contributed by atoms with Gasteiger partial charge < -0.3 is 58.7 Å². The summed E-state index contributed by atoms with van der Waals surface area (Å²) in [7, 11) is 0. The minimum atomic E-state index is -0.996. The Kier molecular flexibility index (Phi) is 10.9. The zero-order valence-corrected chi connectivity index (χ0v) is 32.6. The van der Waals surface area contributed by atoms with Crippen molar-refractivity contribution < 1.29 is 63.5 Å². The Morgan fingerprint density at radius 2 is 1.30 bits per heavy atom. The van der Waals surface area contributed by atoms with Crippen LogP contribution in [0.1, 0.15) is 112 Å². The highest BCUT2D eigenvalue weighted by Crippen LogP contribution is 2.70. The van der Waals surface area contributed by atoms with Crippen LogP contribution in [-0.2, 0) is 38.0 Å². The zero-order chi connectivity index (χ0) is 38.3. The average Bonchev–Trinajstić information content (AvgIpc) is 3.66. The van der Waals surface area contributed by atoms with E-state index in [1.165, 1.54) is 0 Å². The van der Waals surface area contributed by atoms with Gasteiger partial charge in [0, 0.05) is 30.8 Å². The van der Waals surface area contributed by atoms with E-state index in [0.717, 1.165) is 63.4 Å². The van der Waals surface area contributed by atoms with Crippen molar-refractivity contribution in [2.24, 2.45) is 34.5 Å². The molecule has 54 heavy (non-hydrogen) atoms. The fourth-order valence-corrected chi connectivity index (χ4v) is 12.8. The lowest BCUT2D eigenvalue weighted by Crippen LogP contribution is -2.62. The minimum Gasteiger partial charge on any atom is -0.458 e. The number of cyclic esters (lactones) is 1. The standard InChI is InChI=1S/C41H64O13/c1-20-36(46)29(42)16-34(49-20)53-38-22(3)51-35(18-31(38)44)54-37-21(2)50-33(17-30(37)43)52-25-8-11-39(4)24(15-25)6-7-28-27(39)9-12-40(5)26(10-13-41(28,40)47)23-14-32(45)48-19-23/h14,20-22,24-31,33-38,42-44,46-47H,6-13,15-19H2,1-5H3/t20?,21?,22?,24-,25+,26-,27+,28-,29?,30?,31?,33?,34?,35?,36?,37?,38?,39+,40-,41+/m0/s1. The summed E-state index contributed by atoms with van der Waals surface area (Å²) in [5.74, 6) is 1.13. The Hall–Kier alpha value is -1.23. The van der Waals surface area contributed by atoms with Crippen molar-refractivity contribution in [1.29, 1.82) is 0 Å². The zero-order valence-electron chi connectivity index (χ0n) is 32.6. The third-order valence-electron chi connectivity index (χ3n) is 15.9. The molecule has 0 bridgehead atoms. The number of aliphatic hydroxyl groups excluding tert-OH is 4. The first-order valence-corrected chi connectivity index (χ1v) is 20.8. The van der Waals surface area contributed by atoms with Gasteiger partial charge >= 0.3 is 5.97 Å². The van der Waals surface area contributed by atoms with E-state index in [0.29, 0.717) is 18.4 Å². The summed E-state index contributed by atoms with van der Waals surface area (Å²) in [6.45, 7) is 10.4. The Bertz CT molecular complexity index is 1370. The summed E-state index contributed by atoms with van der Waals surface area (Å²) >= 11 is 0. The summed E-state index contributed by atoms with van der Waals surface area (Å²) in [5, 5.41) is 55.0. The molecule has 20 atom stereocenters. The van der Waals surface area contributed by atoms with Crippen molar-refractivity contribution in [2.75, 3.05) is 6.61 Å². The summed E-state index contributed by atoms with van der Waals surface area (Å²) in [5.41, 5.74) is 0.215. The molecule has 8 rings (SSSR count). The molecule has 0 aromatic carbocycles. The van der Waals surface area contributed by atoms with Gasteiger partial charge in [0.15, 0.2) is 18.9 Å². The largest absolute Gasteiger partial charge is 0.458 e. The molecule has 306 valence electrons. The van der Waals surface area contributed by atoms with Crippen molar-refractivity contribution in [3.05, 3.63) is 11.6 Å². The summed E-state index contributed by atoms with van der Waals surface area (Å²) < 4.78 is 42.2. The molecule has 0 amide bonds. The van der Waals surface area contributed by atoms with Crippen LogP contribution >= 0.6 is 0 Å². The predicted octanol–water partition coefficient (Wildman–Crippen LogP) is 3.25. The second kappa shape index (κ2) is 14.9. The van der Waals surface area contributed by atoms with Crippen LogP contribution < -0.4 is 0 Å². The second-order valence-corrected chi connectivity index (χ2v) is 18.7. The first kappa shape index (κ1) is 39.6. The van der Waals surface area contributed by atoms with Crippen LogP contribution in [0.25, 0.3) is 0 Å². The maximum atomic E-state index is 12.6. The topological polar surface area (TPSA) is 183 Å². The van der Waals surface area contributed by atoms with Crippen LogP contribution in [0.3, 0.4) is 0 Å².